The van der Waals surface area contributed by atoms with Crippen molar-refractivity contribution in [3.8, 4) is 0 Å². The molecular formula is C13H26N2. The summed E-state index contributed by atoms with van der Waals surface area (Å²) in [5.41, 5.74) is 2.31. The minimum absolute atomic E-state index is 0.428. The summed E-state index contributed by atoms with van der Waals surface area (Å²) < 4.78 is 0. The highest BCUT2D eigenvalue weighted by molar-refractivity contribution is 5.93. The second-order valence-electron chi connectivity index (χ2n) is 4.31. The first kappa shape index (κ1) is 14.2. The van der Waals surface area contributed by atoms with Crippen molar-refractivity contribution in [3.05, 3.63) is 11.8 Å². The highest BCUT2D eigenvalue weighted by Gasteiger charge is 1.98. The van der Waals surface area contributed by atoms with Crippen LogP contribution in [0.1, 0.15) is 54.4 Å². The molecule has 2 atom stereocenters. The quantitative estimate of drug-likeness (QED) is 0.666. The third-order valence-electron chi connectivity index (χ3n) is 2.53. The first-order valence-corrected chi connectivity index (χ1v) is 5.98. The van der Waals surface area contributed by atoms with Gasteiger partial charge in [0.05, 0.1) is 0 Å². The average Bonchev–Trinajstić information content (AvgIpc) is 2.16. The van der Waals surface area contributed by atoms with Crippen molar-refractivity contribution in [2.24, 2.45) is 4.99 Å². The highest BCUT2D eigenvalue weighted by Crippen LogP contribution is 1.99. The first-order chi connectivity index (χ1) is 6.99. The van der Waals surface area contributed by atoms with Crippen LogP contribution in [-0.2, 0) is 0 Å². The first-order valence-electron chi connectivity index (χ1n) is 5.98. The second kappa shape index (κ2) is 7.49. The lowest BCUT2D eigenvalue weighted by Gasteiger charge is -2.13. The Labute approximate surface area is 94.9 Å². The molecule has 0 heterocycles. The Morgan fingerprint density at radius 1 is 1.20 bits per heavy atom. The molecule has 0 aromatic carbocycles. The van der Waals surface area contributed by atoms with Crippen molar-refractivity contribution in [1.29, 1.82) is 0 Å². The van der Waals surface area contributed by atoms with Gasteiger partial charge in [0.1, 0.15) is 0 Å². The fourth-order valence-electron chi connectivity index (χ4n) is 1.32. The van der Waals surface area contributed by atoms with E-state index in [1.54, 1.807) is 0 Å². The largest absolute Gasteiger partial charge is 0.386 e. The van der Waals surface area contributed by atoms with Crippen molar-refractivity contribution in [2.75, 3.05) is 0 Å². The van der Waals surface area contributed by atoms with E-state index >= 15 is 0 Å². The summed E-state index contributed by atoms with van der Waals surface area (Å²) in [5, 5.41) is 3.43. The van der Waals surface area contributed by atoms with Crippen molar-refractivity contribution in [2.45, 2.75) is 66.5 Å². The van der Waals surface area contributed by atoms with E-state index in [4.69, 9.17) is 0 Å². The van der Waals surface area contributed by atoms with Crippen LogP contribution in [0.2, 0.25) is 0 Å². The van der Waals surface area contributed by atoms with E-state index in [9.17, 15) is 0 Å². The lowest BCUT2D eigenvalue weighted by Crippen LogP contribution is -2.23. The molecule has 0 saturated carbocycles. The van der Waals surface area contributed by atoms with Crippen LogP contribution in [0.15, 0.2) is 16.8 Å². The maximum atomic E-state index is 4.57. The van der Waals surface area contributed by atoms with Gasteiger partial charge in [0.25, 0.3) is 0 Å². The van der Waals surface area contributed by atoms with Gasteiger partial charge in [-0.1, -0.05) is 13.8 Å². The molecule has 0 saturated heterocycles. The molecule has 0 amide bonds. The standard InChI is InChI=1S/C13H26N2/c1-7-10(3)14-12(5)9-13(6)15-11(4)8-2/h9-11,14H,7-8H2,1-6H3. The summed E-state index contributed by atoms with van der Waals surface area (Å²) in [4.78, 5) is 4.57. The third kappa shape index (κ3) is 7.18. The Balaban J connectivity index is 4.28. The zero-order valence-corrected chi connectivity index (χ0v) is 11.1. The molecule has 2 nitrogen and oxygen atoms in total. The predicted molar refractivity (Wildman–Crippen MR) is 69.5 cm³/mol. The van der Waals surface area contributed by atoms with Crippen LogP contribution in [0.3, 0.4) is 0 Å². The molecular weight excluding hydrogens is 184 g/mol. The van der Waals surface area contributed by atoms with E-state index < -0.39 is 0 Å². The number of nitrogens with zero attached hydrogens (tertiary/aromatic N) is 1. The summed E-state index contributed by atoms with van der Waals surface area (Å²) in [5.74, 6) is 0. The van der Waals surface area contributed by atoms with Gasteiger partial charge in [0.15, 0.2) is 0 Å². The Kier molecular flexibility index (Phi) is 7.10. The molecule has 0 fully saturated rings. The molecule has 2 heteroatoms. The average molecular weight is 210 g/mol. The Morgan fingerprint density at radius 2 is 1.80 bits per heavy atom. The minimum atomic E-state index is 0.428. The van der Waals surface area contributed by atoms with Crippen LogP contribution in [0.25, 0.3) is 0 Å². The van der Waals surface area contributed by atoms with Gasteiger partial charge in [-0.05, 0) is 46.6 Å². The molecule has 1 N–H and O–H groups in total. The van der Waals surface area contributed by atoms with Crippen LogP contribution in [0, 0.1) is 0 Å². The van der Waals surface area contributed by atoms with E-state index in [1.165, 1.54) is 5.70 Å². The molecule has 0 radical (unpaired) electrons. The Hall–Kier alpha value is -0.790. The normalized spacial score (nSPS) is 17.5. The summed E-state index contributed by atoms with van der Waals surface area (Å²) in [7, 11) is 0. The summed E-state index contributed by atoms with van der Waals surface area (Å²) in [6, 6.07) is 0.968. The predicted octanol–water partition coefficient (Wildman–Crippen LogP) is 3.54. The number of hydrogen-bond donors (Lipinski definition) is 1. The van der Waals surface area contributed by atoms with Crippen LogP contribution in [0.4, 0.5) is 0 Å². The summed E-state index contributed by atoms with van der Waals surface area (Å²) in [6.07, 6.45) is 4.37. The number of nitrogens with one attached hydrogen (secondary N) is 1. The van der Waals surface area contributed by atoms with Gasteiger partial charge in [0.2, 0.25) is 0 Å². The fourth-order valence-corrected chi connectivity index (χ4v) is 1.32. The summed E-state index contributed by atoms with van der Waals surface area (Å²) >= 11 is 0. The molecule has 88 valence electrons. The molecule has 0 rings (SSSR count). The van der Waals surface area contributed by atoms with Gasteiger partial charge in [0, 0.05) is 23.5 Å². The van der Waals surface area contributed by atoms with Crippen LogP contribution in [0.5, 0.6) is 0 Å². The molecule has 2 unspecified atom stereocenters. The van der Waals surface area contributed by atoms with E-state index in [2.05, 4.69) is 57.9 Å². The van der Waals surface area contributed by atoms with Gasteiger partial charge in [-0.2, -0.15) is 0 Å². The van der Waals surface area contributed by atoms with E-state index in [1.807, 2.05) is 0 Å². The SMILES string of the molecule is CCC(C)N=C(C)C=C(C)NC(C)CC. The molecule has 0 aromatic heterocycles. The number of hydrogen-bond acceptors (Lipinski definition) is 2. The van der Waals surface area contributed by atoms with Crippen molar-refractivity contribution < 1.29 is 0 Å². The zero-order valence-electron chi connectivity index (χ0n) is 11.1. The maximum Gasteiger partial charge on any atom is 0.0472 e. The monoisotopic (exact) mass is 210 g/mol. The minimum Gasteiger partial charge on any atom is -0.386 e. The number of allylic oxidation sites excluding steroid dienone is 2. The molecule has 0 aromatic rings. The van der Waals surface area contributed by atoms with Gasteiger partial charge >= 0.3 is 0 Å². The Bertz CT molecular complexity index is 229. The molecule has 0 aliphatic rings. The van der Waals surface area contributed by atoms with Crippen molar-refractivity contribution >= 4 is 5.71 Å². The lowest BCUT2D eigenvalue weighted by atomic mass is 10.2. The lowest BCUT2D eigenvalue weighted by molar-refractivity contribution is 0.596. The van der Waals surface area contributed by atoms with Crippen LogP contribution >= 0.6 is 0 Å². The van der Waals surface area contributed by atoms with E-state index in [-0.39, 0.29) is 0 Å². The van der Waals surface area contributed by atoms with Crippen molar-refractivity contribution in [3.63, 3.8) is 0 Å². The smallest absolute Gasteiger partial charge is 0.0472 e. The molecule has 15 heavy (non-hydrogen) atoms. The number of rotatable bonds is 6. The van der Waals surface area contributed by atoms with Crippen LogP contribution in [-0.4, -0.2) is 17.8 Å². The van der Waals surface area contributed by atoms with Gasteiger partial charge in [-0.15, -0.1) is 0 Å². The van der Waals surface area contributed by atoms with Gasteiger partial charge in [-0.3, -0.25) is 4.99 Å². The third-order valence-corrected chi connectivity index (χ3v) is 2.53. The van der Waals surface area contributed by atoms with Gasteiger partial charge in [-0.25, -0.2) is 0 Å². The zero-order chi connectivity index (χ0) is 11.8. The molecule has 0 bridgehead atoms. The highest BCUT2D eigenvalue weighted by atomic mass is 14.9. The topological polar surface area (TPSA) is 24.4 Å². The van der Waals surface area contributed by atoms with Crippen molar-refractivity contribution in [1.82, 2.24) is 5.32 Å². The maximum absolute atomic E-state index is 4.57. The second-order valence-corrected chi connectivity index (χ2v) is 4.31. The Morgan fingerprint density at radius 3 is 2.27 bits per heavy atom. The summed E-state index contributed by atoms with van der Waals surface area (Å²) in [6.45, 7) is 12.9. The van der Waals surface area contributed by atoms with Gasteiger partial charge < -0.3 is 5.32 Å². The van der Waals surface area contributed by atoms with E-state index in [0.717, 1.165) is 18.6 Å². The number of aliphatic imine (C=N–C) groups is 1. The molecule has 0 aliphatic heterocycles. The fraction of sp³-hybridized carbons (Fsp3) is 0.769. The molecule has 0 spiro atoms. The van der Waals surface area contributed by atoms with E-state index in [0.29, 0.717) is 12.1 Å². The van der Waals surface area contributed by atoms with Crippen LogP contribution < -0.4 is 5.32 Å². The molecule has 0 aliphatic carbocycles.